The summed E-state index contributed by atoms with van der Waals surface area (Å²) < 4.78 is 0. The molecular formula is C11H18. The molecule has 0 spiro atoms. The fourth-order valence-electron chi connectivity index (χ4n) is 1.69. The van der Waals surface area contributed by atoms with Gasteiger partial charge in [0.25, 0.3) is 0 Å². The molecule has 0 nitrogen and oxygen atoms in total. The van der Waals surface area contributed by atoms with E-state index in [4.69, 9.17) is 0 Å². The third kappa shape index (κ3) is 1.74. The van der Waals surface area contributed by atoms with Gasteiger partial charge in [-0.1, -0.05) is 39.5 Å². The molecule has 0 saturated heterocycles. The highest BCUT2D eigenvalue weighted by molar-refractivity contribution is 5.26. The van der Waals surface area contributed by atoms with E-state index in [-0.39, 0.29) is 0 Å². The van der Waals surface area contributed by atoms with E-state index in [2.05, 4.69) is 33.4 Å². The highest BCUT2D eigenvalue weighted by Crippen LogP contribution is 2.38. The Morgan fingerprint density at radius 2 is 2.27 bits per heavy atom. The maximum Gasteiger partial charge on any atom is -0.0107 e. The lowest BCUT2D eigenvalue weighted by atomic mass is 9.73. The monoisotopic (exact) mass is 150 g/mol. The average molecular weight is 150 g/mol. The van der Waals surface area contributed by atoms with Crippen LogP contribution in [0.1, 0.15) is 33.6 Å². The first-order valence-corrected chi connectivity index (χ1v) is 4.41. The van der Waals surface area contributed by atoms with Crippen molar-refractivity contribution in [1.82, 2.24) is 0 Å². The van der Waals surface area contributed by atoms with Crippen LogP contribution in [0.5, 0.6) is 0 Å². The first-order valence-electron chi connectivity index (χ1n) is 4.41. The first kappa shape index (κ1) is 8.58. The zero-order valence-corrected chi connectivity index (χ0v) is 7.85. The standard InChI is InChI=1S/C11H18/c1-5-10-8-9(2)6-7-11(10,3)4/h5,8-9H,1,6-7H2,2-4H3. The normalized spacial score (nSPS) is 29.4. The lowest BCUT2D eigenvalue weighted by Crippen LogP contribution is -2.19. The minimum absolute atomic E-state index is 0.369. The van der Waals surface area contributed by atoms with E-state index in [9.17, 15) is 0 Å². The molecule has 0 fully saturated rings. The smallest absolute Gasteiger partial charge is 0.0107 e. The second kappa shape index (κ2) is 2.84. The highest BCUT2D eigenvalue weighted by atomic mass is 14.3. The van der Waals surface area contributed by atoms with Gasteiger partial charge in [-0.2, -0.15) is 0 Å². The zero-order chi connectivity index (χ0) is 8.48. The lowest BCUT2D eigenvalue weighted by Gasteiger charge is -2.32. The van der Waals surface area contributed by atoms with Crippen molar-refractivity contribution >= 4 is 0 Å². The van der Waals surface area contributed by atoms with Crippen LogP contribution < -0.4 is 0 Å². The lowest BCUT2D eigenvalue weighted by molar-refractivity contribution is 0.352. The maximum atomic E-state index is 3.85. The molecule has 0 aromatic heterocycles. The minimum atomic E-state index is 0.369. The summed E-state index contributed by atoms with van der Waals surface area (Å²) >= 11 is 0. The first-order chi connectivity index (χ1) is 5.06. The van der Waals surface area contributed by atoms with Crippen LogP contribution in [0.25, 0.3) is 0 Å². The summed E-state index contributed by atoms with van der Waals surface area (Å²) in [6.45, 7) is 10.7. The van der Waals surface area contributed by atoms with Crippen molar-refractivity contribution in [1.29, 1.82) is 0 Å². The SMILES string of the molecule is C=CC1=CC(C)CCC1(C)C. The van der Waals surface area contributed by atoms with Crippen molar-refractivity contribution in [2.24, 2.45) is 11.3 Å². The van der Waals surface area contributed by atoms with Crippen LogP contribution in [0.2, 0.25) is 0 Å². The molecule has 0 N–H and O–H groups in total. The van der Waals surface area contributed by atoms with Gasteiger partial charge in [0.2, 0.25) is 0 Å². The molecule has 0 heteroatoms. The van der Waals surface area contributed by atoms with Gasteiger partial charge >= 0.3 is 0 Å². The van der Waals surface area contributed by atoms with Gasteiger partial charge in [-0.25, -0.2) is 0 Å². The molecular weight excluding hydrogens is 132 g/mol. The Morgan fingerprint density at radius 1 is 1.64 bits per heavy atom. The quantitative estimate of drug-likeness (QED) is 0.536. The predicted molar refractivity (Wildman–Crippen MR) is 50.5 cm³/mol. The van der Waals surface area contributed by atoms with Gasteiger partial charge in [0.15, 0.2) is 0 Å². The Morgan fingerprint density at radius 3 is 2.73 bits per heavy atom. The molecule has 0 aromatic rings. The number of allylic oxidation sites excluding steroid dienone is 3. The van der Waals surface area contributed by atoms with Crippen LogP contribution in [-0.2, 0) is 0 Å². The third-order valence-corrected chi connectivity index (χ3v) is 2.69. The van der Waals surface area contributed by atoms with Crippen molar-refractivity contribution < 1.29 is 0 Å². The predicted octanol–water partition coefficient (Wildman–Crippen LogP) is 3.55. The van der Waals surface area contributed by atoms with E-state index < -0.39 is 0 Å². The molecule has 0 bridgehead atoms. The Balaban J connectivity index is 2.88. The number of hydrogen-bond donors (Lipinski definition) is 0. The van der Waals surface area contributed by atoms with Gasteiger partial charge < -0.3 is 0 Å². The maximum absolute atomic E-state index is 3.85. The van der Waals surface area contributed by atoms with Gasteiger partial charge in [-0.15, -0.1) is 0 Å². The summed E-state index contributed by atoms with van der Waals surface area (Å²) in [5.74, 6) is 0.746. The Bertz CT molecular complexity index is 184. The van der Waals surface area contributed by atoms with Crippen molar-refractivity contribution in [3.63, 3.8) is 0 Å². The van der Waals surface area contributed by atoms with Crippen molar-refractivity contribution in [3.8, 4) is 0 Å². The van der Waals surface area contributed by atoms with Crippen molar-refractivity contribution in [2.75, 3.05) is 0 Å². The topological polar surface area (TPSA) is 0 Å². The third-order valence-electron chi connectivity index (χ3n) is 2.69. The Kier molecular flexibility index (Phi) is 2.22. The zero-order valence-electron chi connectivity index (χ0n) is 7.85. The summed E-state index contributed by atoms with van der Waals surface area (Å²) in [7, 11) is 0. The average Bonchev–Trinajstić information content (AvgIpc) is 1.94. The van der Waals surface area contributed by atoms with Gasteiger partial charge in [-0.05, 0) is 29.7 Å². The van der Waals surface area contributed by atoms with E-state index in [1.54, 1.807) is 0 Å². The molecule has 62 valence electrons. The van der Waals surface area contributed by atoms with Crippen LogP contribution >= 0.6 is 0 Å². The summed E-state index contributed by atoms with van der Waals surface area (Å²) in [6, 6.07) is 0. The summed E-state index contributed by atoms with van der Waals surface area (Å²) in [5, 5.41) is 0. The van der Waals surface area contributed by atoms with Crippen molar-refractivity contribution in [2.45, 2.75) is 33.6 Å². The molecule has 0 radical (unpaired) electrons. The second-order valence-corrected chi connectivity index (χ2v) is 4.23. The summed E-state index contributed by atoms with van der Waals surface area (Å²) in [5.41, 5.74) is 1.80. The molecule has 1 rings (SSSR count). The fraction of sp³-hybridized carbons (Fsp3) is 0.636. The molecule has 1 aliphatic carbocycles. The second-order valence-electron chi connectivity index (χ2n) is 4.23. The van der Waals surface area contributed by atoms with Crippen LogP contribution in [0, 0.1) is 11.3 Å². The molecule has 1 unspecified atom stereocenters. The van der Waals surface area contributed by atoms with Crippen LogP contribution in [0.3, 0.4) is 0 Å². The van der Waals surface area contributed by atoms with E-state index in [1.165, 1.54) is 18.4 Å². The molecule has 11 heavy (non-hydrogen) atoms. The molecule has 0 heterocycles. The molecule has 0 aromatic carbocycles. The summed E-state index contributed by atoms with van der Waals surface area (Å²) in [4.78, 5) is 0. The summed E-state index contributed by atoms with van der Waals surface area (Å²) in [6.07, 6.45) is 6.99. The molecule has 0 amide bonds. The van der Waals surface area contributed by atoms with E-state index in [0.717, 1.165) is 5.92 Å². The number of hydrogen-bond acceptors (Lipinski definition) is 0. The Hall–Kier alpha value is -0.520. The van der Waals surface area contributed by atoms with Gasteiger partial charge in [0, 0.05) is 0 Å². The van der Waals surface area contributed by atoms with Gasteiger partial charge in [-0.3, -0.25) is 0 Å². The fourth-order valence-corrected chi connectivity index (χ4v) is 1.69. The van der Waals surface area contributed by atoms with Crippen LogP contribution in [-0.4, -0.2) is 0 Å². The number of rotatable bonds is 1. The highest BCUT2D eigenvalue weighted by Gasteiger charge is 2.25. The largest absolute Gasteiger partial charge is 0.0988 e. The van der Waals surface area contributed by atoms with Gasteiger partial charge in [0.05, 0.1) is 0 Å². The van der Waals surface area contributed by atoms with E-state index in [1.807, 2.05) is 6.08 Å². The molecule has 1 atom stereocenters. The Labute approximate surface area is 70.0 Å². The van der Waals surface area contributed by atoms with Crippen molar-refractivity contribution in [3.05, 3.63) is 24.3 Å². The molecule has 1 aliphatic rings. The minimum Gasteiger partial charge on any atom is -0.0988 e. The van der Waals surface area contributed by atoms with Crippen LogP contribution in [0.4, 0.5) is 0 Å². The van der Waals surface area contributed by atoms with Gasteiger partial charge in [0.1, 0.15) is 0 Å². The molecule has 0 saturated carbocycles. The van der Waals surface area contributed by atoms with E-state index >= 15 is 0 Å². The molecule has 0 aliphatic heterocycles. The van der Waals surface area contributed by atoms with E-state index in [0.29, 0.717) is 5.41 Å². The van der Waals surface area contributed by atoms with Crippen LogP contribution in [0.15, 0.2) is 24.3 Å².